The van der Waals surface area contributed by atoms with E-state index in [2.05, 4.69) is 15.9 Å². The number of halogens is 2. The average Bonchev–Trinajstić information content (AvgIpc) is 2.42. The van der Waals surface area contributed by atoms with Crippen molar-refractivity contribution < 1.29 is 9.13 Å². The molecule has 2 aromatic carbocycles. The second kappa shape index (κ2) is 6.06. The lowest BCUT2D eigenvalue weighted by molar-refractivity contribution is 0.305. The summed E-state index contributed by atoms with van der Waals surface area (Å²) in [5.41, 5.74) is 3.11. The fourth-order valence-electron chi connectivity index (χ4n) is 1.94. The van der Waals surface area contributed by atoms with Crippen LogP contribution in [-0.4, -0.2) is 0 Å². The summed E-state index contributed by atoms with van der Waals surface area (Å²) in [6.07, 6.45) is 0. The Labute approximate surface area is 125 Å². The van der Waals surface area contributed by atoms with E-state index in [9.17, 15) is 4.39 Å². The van der Waals surface area contributed by atoms with Crippen molar-refractivity contribution in [3.8, 4) is 11.8 Å². The molecule has 20 heavy (non-hydrogen) atoms. The Hall–Kier alpha value is -1.86. The Morgan fingerprint density at radius 1 is 1.20 bits per heavy atom. The predicted octanol–water partition coefficient (Wildman–Crippen LogP) is 4.66. The number of nitriles is 1. The van der Waals surface area contributed by atoms with E-state index < -0.39 is 0 Å². The maximum Gasteiger partial charge on any atom is 0.123 e. The van der Waals surface area contributed by atoms with Crippen LogP contribution in [0.3, 0.4) is 0 Å². The van der Waals surface area contributed by atoms with Gasteiger partial charge in [0.1, 0.15) is 18.2 Å². The molecule has 2 rings (SSSR count). The number of nitrogens with zero attached hydrogens (tertiary/aromatic N) is 1. The molecule has 0 aliphatic rings. The van der Waals surface area contributed by atoms with E-state index in [1.165, 1.54) is 18.2 Å². The zero-order valence-corrected chi connectivity index (χ0v) is 12.8. The van der Waals surface area contributed by atoms with Gasteiger partial charge in [0.15, 0.2) is 0 Å². The summed E-state index contributed by atoms with van der Waals surface area (Å²) in [5.74, 6) is 0.335. The second-order valence-corrected chi connectivity index (χ2v) is 5.37. The maximum absolute atomic E-state index is 13.2. The minimum Gasteiger partial charge on any atom is -0.489 e. The van der Waals surface area contributed by atoms with Crippen LogP contribution in [0.2, 0.25) is 0 Å². The zero-order valence-electron chi connectivity index (χ0n) is 11.2. The van der Waals surface area contributed by atoms with Crippen molar-refractivity contribution in [2.75, 3.05) is 0 Å². The van der Waals surface area contributed by atoms with Crippen LogP contribution in [0.5, 0.6) is 5.75 Å². The Morgan fingerprint density at radius 2 is 1.85 bits per heavy atom. The van der Waals surface area contributed by atoms with Gasteiger partial charge in [0, 0.05) is 10.0 Å². The molecule has 0 heterocycles. The van der Waals surface area contributed by atoms with E-state index in [1.807, 2.05) is 32.0 Å². The largest absolute Gasteiger partial charge is 0.489 e. The molecule has 0 aliphatic carbocycles. The van der Waals surface area contributed by atoms with Crippen LogP contribution >= 0.6 is 15.9 Å². The van der Waals surface area contributed by atoms with Crippen LogP contribution in [0, 0.1) is 31.0 Å². The van der Waals surface area contributed by atoms with Crippen molar-refractivity contribution in [2.45, 2.75) is 20.5 Å². The smallest absolute Gasteiger partial charge is 0.123 e. The molecular weight excluding hydrogens is 321 g/mol. The monoisotopic (exact) mass is 333 g/mol. The summed E-state index contributed by atoms with van der Waals surface area (Å²) < 4.78 is 19.9. The van der Waals surface area contributed by atoms with Crippen molar-refractivity contribution in [1.82, 2.24) is 0 Å². The Bertz CT molecular complexity index is 668. The molecule has 0 radical (unpaired) electrons. The number of hydrogen-bond acceptors (Lipinski definition) is 2. The Morgan fingerprint density at radius 3 is 2.45 bits per heavy atom. The van der Waals surface area contributed by atoms with Crippen LogP contribution in [0.25, 0.3) is 0 Å². The van der Waals surface area contributed by atoms with Gasteiger partial charge in [-0.05, 0) is 55.3 Å². The fourth-order valence-corrected chi connectivity index (χ4v) is 2.17. The normalized spacial score (nSPS) is 10.2. The van der Waals surface area contributed by atoms with Crippen molar-refractivity contribution in [1.29, 1.82) is 5.26 Å². The van der Waals surface area contributed by atoms with E-state index in [-0.39, 0.29) is 12.4 Å². The first kappa shape index (κ1) is 14.5. The third-order valence-corrected chi connectivity index (χ3v) is 4.24. The molecule has 2 aromatic rings. The molecular formula is C16H13BrFNO. The third-order valence-electron chi connectivity index (χ3n) is 2.99. The summed E-state index contributed by atoms with van der Waals surface area (Å²) in [6.45, 7) is 4.13. The van der Waals surface area contributed by atoms with Gasteiger partial charge in [-0.3, -0.25) is 0 Å². The van der Waals surface area contributed by atoms with E-state index in [4.69, 9.17) is 10.00 Å². The van der Waals surface area contributed by atoms with Gasteiger partial charge in [-0.15, -0.1) is 0 Å². The van der Waals surface area contributed by atoms with Gasteiger partial charge in [0.2, 0.25) is 0 Å². The quantitative estimate of drug-likeness (QED) is 0.818. The molecule has 4 heteroatoms. The van der Waals surface area contributed by atoms with Crippen LogP contribution in [0.4, 0.5) is 4.39 Å². The number of ether oxygens (including phenoxy) is 1. The molecule has 0 spiro atoms. The highest BCUT2D eigenvalue weighted by Crippen LogP contribution is 2.27. The van der Waals surface area contributed by atoms with Gasteiger partial charge in [-0.2, -0.15) is 5.26 Å². The van der Waals surface area contributed by atoms with E-state index in [0.29, 0.717) is 16.9 Å². The molecule has 0 aromatic heterocycles. The molecule has 0 bridgehead atoms. The van der Waals surface area contributed by atoms with Gasteiger partial charge < -0.3 is 4.74 Å². The summed E-state index contributed by atoms with van der Waals surface area (Å²) in [4.78, 5) is 0. The maximum atomic E-state index is 13.2. The van der Waals surface area contributed by atoms with Crippen LogP contribution < -0.4 is 4.74 Å². The Kier molecular flexibility index (Phi) is 4.41. The minimum absolute atomic E-state index is 0.168. The van der Waals surface area contributed by atoms with Crippen molar-refractivity contribution in [3.05, 3.63) is 62.9 Å². The highest BCUT2D eigenvalue weighted by Gasteiger charge is 2.07. The molecule has 0 atom stereocenters. The van der Waals surface area contributed by atoms with Crippen LogP contribution in [0.15, 0.2) is 34.8 Å². The molecule has 0 aliphatic heterocycles. The lowest BCUT2D eigenvalue weighted by atomic mass is 10.1. The lowest BCUT2D eigenvalue weighted by Crippen LogP contribution is -2.00. The minimum atomic E-state index is -0.370. The van der Waals surface area contributed by atoms with Crippen molar-refractivity contribution in [2.24, 2.45) is 0 Å². The molecule has 0 amide bonds. The molecule has 0 fully saturated rings. The predicted molar refractivity (Wildman–Crippen MR) is 79.1 cm³/mol. The standard InChI is InChI=1S/C16H13BrFNO/c1-10-5-15(6-11(2)16(10)17)20-9-13-7-14(18)4-3-12(13)8-19/h3-7H,9H2,1-2H3. The first-order valence-electron chi connectivity index (χ1n) is 6.09. The number of benzene rings is 2. The summed E-state index contributed by atoms with van der Waals surface area (Å²) >= 11 is 3.49. The number of aryl methyl sites for hydroxylation is 2. The van der Waals surface area contributed by atoms with E-state index in [1.54, 1.807) is 0 Å². The van der Waals surface area contributed by atoms with Gasteiger partial charge in [-0.1, -0.05) is 15.9 Å². The van der Waals surface area contributed by atoms with Gasteiger partial charge in [0.25, 0.3) is 0 Å². The molecule has 102 valence electrons. The molecule has 2 nitrogen and oxygen atoms in total. The molecule has 0 saturated carbocycles. The van der Waals surface area contributed by atoms with E-state index >= 15 is 0 Å². The Balaban J connectivity index is 2.21. The highest BCUT2D eigenvalue weighted by atomic mass is 79.9. The third kappa shape index (κ3) is 3.17. The second-order valence-electron chi connectivity index (χ2n) is 4.57. The SMILES string of the molecule is Cc1cc(OCc2cc(F)ccc2C#N)cc(C)c1Br. The van der Waals surface area contributed by atoms with Crippen LogP contribution in [0.1, 0.15) is 22.3 Å². The average molecular weight is 334 g/mol. The number of hydrogen-bond donors (Lipinski definition) is 0. The summed E-state index contributed by atoms with van der Waals surface area (Å²) in [5, 5.41) is 9.00. The van der Waals surface area contributed by atoms with Crippen molar-refractivity contribution >= 4 is 15.9 Å². The molecule has 0 N–H and O–H groups in total. The molecule has 0 unspecified atom stereocenters. The van der Waals surface area contributed by atoms with Gasteiger partial charge in [-0.25, -0.2) is 4.39 Å². The first-order valence-corrected chi connectivity index (χ1v) is 6.88. The summed E-state index contributed by atoms with van der Waals surface area (Å²) in [6, 6.07) is 9.92. The van der Waals surface area contributed by atoms with Gasteiger partial charge in [0.05, 0.1) is 11.6 Å². The van der Waals surface area contributed by atoms with Gasteiger partial charge >= 0.3 is 0 Å². The van der Waals surface area contributed by atoms with Crippen LogP contribution in [-0.2, 0) is 6.61 Å². The number of rotatable bonds is 3. The molecule has 0 saturated heterocycles. The summed E-state index contributed by atoms with van der Waals surface area (Å²) in [7, 11) is 0. The lowest BCUT2D eigenvalue weighted by Gasteiger charge is -2.11. The highest BCUT2D eigenvalue weighted by molar-refractivity contribution is 9.10. The van der Waals surface area contributed by atoms with E-state index in [0.717, 1.165) is 15.6 Å². The topological polar surface area (TPSA) is 33.0 Å². The fraction of sp³-hybridized carbons (Fsp3) is 0.188. The zero-order chi connectivity index (χ0) is 14.7. The van der Waals surface area contributed by atoms with Crippen molar-refractivity contribution in [3.63, 3.8) is 0 Å². The first-order chi connectivity index (χ1) is 9.51.